The molecule has 3 nitrogen and oxygen atoms in total. The van der Waals surface area contributed by atoms with Crippen molar-refractivity contribution in [3.05, 3.63) is 12.2 Å². The van der Waals surface area contributed by atoms with E-state index in [9.17, 15) is 4.79 Å². The first-order chi connectivity index (χ1) is 5.86. The molecule has 0 radical (unpaired) electrons. The zero-order valence-electron chi connectivity index (χ0n) is 7.05. The Hall–Kier alpha value is -0.990. The summed E-state index contributed by atoms with van der Waals surface area (Å²) in [5, 5.41) is 5.88. The molecule has 1 saturated heterocycles. The van der Waals surface area contributed by atoms with E-state index in [1.54, 1.807) is 0 Å². The van der Waals surface area contributed by atoms with Crippen molar-refractivity contribution >= 4 is 6.03 Å². The van der Waals surface area contributed by atoms with Crippen LogP contribution in [0, 0.1) is 0 Å². The summed E-state index contributed by atoms with van der Waals surface area (Å²) < 4.78 is 0. The fourth-order valence-corrected chi connectivity index (χ4v) is 1.91. The van der Waals surface area contributed by atoms with Gasteiger partial charge in [0.25, 0.3) is 0 Å². The average Bonchev–Trinajstić information content (AvgIpc) is 2.32. The Kier molecular flexibility index (Phi) is 2.02. The summed E-state index contributed by atoms with van der Waals surface area (Å²) in [5.74, 6) is 0. The lowest BCUT2D eigenvalue weighted by atomic mass is 9.97. The largest absolute Gasteiger partial charge is 0.333 e. The van der Waals surface area contributed by atoms with E-state index in [1.165, 1.54) is 0 Å². The van der Waals surface area contributed by atoms with Crippen molar-refractivity contribution in [1.82, 2.24) is 10.6 Å². The average molecular weight is 166 g/mol. The molecule has 0 spiro atoms. The van der Waals surface area contributed by atoms with Gasteiger partial charge >= 0.3 is 6.03 Å². The van der Waals surface area contributed by atoms with Crippen LogP contribution >= 0.6 is 0 Å². The highest BCUT2D eigenvalue weighted by Crippen LogP contribution is 2.16. The smallest absolute Gasteiger partial charge is 0.315 e. The molecule has 0 saturated carbocycles. The van der Waals surface area contributed by atoms with E-state index in [-0.39, 0.29) is 6.03 Å². The molecule has 2 unspecified atom stereocenters. The highest BCUT2D eigenvalue weighted by atomic mass is 16.2. The number of fused-ring (bicyclic) bond motifs is 1. The van der Waals surface area contributed by atoms with Crippen LogP contribution in [-0.4, -0.2) is 18.1 Å². The van der Waals surface area contributed by atoms with Gasteiger partial charge in [-0.25, -0.2) is 4.79 Å². The van der Waals surface area contributed by atoms with E-state index in [0.717, 1.165) is 25.7 Å². The molecule has 1 aliphatic carbocycles. The summed E-state index contributed by atoms with van der Waals surface area (Å²) >= 11 is 0. The molecule has 3 heteroatoms. The van der Waals surface area contributed by atoms with Crippen LogP contribution in [0.15, 0.2) is 12.2 Å². The number of carbonyl (C=O) groups excluding carboxylic acids is 1. The van der Waals surface area contributed by atoms with Crippen LogP contribution in [0.5, 0.6) is 0 Å². The first kappa shape index (κ1) is 7.65. The van der Waals surface area contributed by atoms with Crippen LogP contribution in [0.3, 0.4) is 0 Å². The van der Waals surface area contributed by atoms with Crippen LogP contribution in [-0.2, 0) is 0 Å². The van der Waals surface area contributed by atoms with Gasteiger partial charge < -0.3 is 10.6 Å². The predicted molar refractivity (Wildman–Crippen MR) is 46.9 cm³/mol. The Labute approximate surface area is 72.2 Å². The molecule has 2 N–H and O–H groups in total. The van der Waals surface area contributed by atoms with Crippen molar-refractivity contribution in [2.45, 2.75) is 37.8 Å². The maximum atomic E-state index is 11.0. The molecule has 2 aliphatic rings. The summed E-state index contributed by atoms with van der Waals surface area (Å²) in [6, 6.07) is 0.733. The van der Waals surface area contributed by atoms with Crippen LogP contribution in [0.1, 0.15) is 25.7 Å². The molecule has 0 aromatic heterocycles. The van der Waals surface area contributed by atoms with Crippen LogP contribution in [0.2, 0.25) is 0 Å². The van der Waals surface area contributed by atoms with Crippen molar-refractivity contribution < 1.29 is 4.79 Å². The van der Waals surface area contributed by atoms with Gasteiger partial charge in [-0.2, -0.15) is 0 Å². The fraction of sp³-hybridized carbons (Fsp3) is 0.667. The lowest BCUT2D eigenvalue weighted by molar-refractivity contribution is 0.246. The normalized spacial score (nSPS) is 34.5. The van der Waals surface area contributed by atoms with E-state index in [2.05, 4.69) is 22.8 Å². The van der Waals surface area contributed by atoms with Crippen LogP contribution in [0.25, 0.3) is 0 Å². The number of hydrogen-bond donors (Lipinski definition) is 2. The Morgan fingerprint density at radius 1 is 1.08 bits per heavy atom. The Bertz CT molecular complexity index is 193. The maximum absolute atomic E-state index is 11.0. The Morgan fingerprint density at radius 2 is 1.58 bits per heavy atom. The molecule has 2 atom stereocenters. The number of amides is 2. The van der Waals surface area contributed by atoms with Gasteiger partial charge in [-0.3, -0.25) is 0 Å². The predicted octanol–water partition coefficient (Wildman–Crippen LogP) is 1.17. The number of allylic oxidation sites excluding steroid dienone is 2. The third-order valence-corrected chi connectivity index (χ3v) is 2.57. The SMILES string of the molecule is O=C1NC2CCC=CCCC2N1. The molecule has 2 rings (SSSR count). The number of nitrogens with one attached hydrogen (secondary N) is 2. The van der Waals surface area contributed by atoms with Gasteiger partial charge in [-0.1, -0.05) is 12.2 Å². The zero-order chi connectivity index (χ0) is 8.39. The highest BCUT2D eigenvalue weighted by molar-refractivity contribution is 5.77. The first-order valence-electron chi connectivity index (χ1n) is 4.58. The summed E-state index contributed by atoms with van der Waals surface area (Å²) in [5.41, 5.74) is 0. The van der Waals surface area contributed by atoms with Gasteiger partial charge in [0.1, 0.15) is 0 Å². The molecule has 1 fully saturated rings. The second-order valence-corrected chi connectivity index (χ2v) is 3.46. The van der Waals surface area contributed by atoms with Crippen molar-refractivity contribution in [2.24, 2.45) is 0 Å². The Morgan fingerprint density at radius 3 is 2.08 bits per heavy atom. The van der Waals surface area contributed by atoms with Gasteiger partial charge in [-0.15, -0.1) is 0 Å². The third-order valence-electron chi connectivity index (χ3n) is 2.57. The van der Waals surface area contributed by atoms with E-state index in [4.69, 9.17) is 0 Å². The van der Waals surface area contributed by atoms with Crippen molar-refractivity contribution in [1.29, 1.82) is 0 Å². The lowest BCUT2D eigenvalue weighted by Crippen LogP contribution is -2.33. The van der Waals surface area contributed by atoms with Crippen molar-refractivity contribution in [3.63, 3.8) is 0 Å². The molecule has 0 bridgehead atoms. The topological polar surface area (TPSA) is 41.1 Å². The quantitative estimate of drug-likeness (QED) is 0.521. The van der Waals surface area contributed by atoms with E-state index in [1.807, 2.05) is 0 Å². The summed E-state index contributed by atoms with van der Waals surface area (Å²) in [7, 11) is 0. The summed E-state index contributed by atoms with van der Waals surface area (Å²) in [4.78, 5) is 11.0. The molecule has 2 amide bonds. The van der Waals surface area contributed by atoms with Gasteiger partial charge in [0.05, 0.1) is 12.1 Å². The second kappa shape index (κ2) is 3.17. The van der Waals surface area contributed by atoms with Crippen molar-refractivity contribution in [2.75, 3.05) is 0 Å². The standard InChI is InChI=1S/C9H14N2O/c12-9-10-7-5-3-1-2-4-6-8(7)11-9/h1-2,7-8H,3-6H2,(H2,10,11,12). The van der Waals surface area contributed by atoms with Crippen molar-refractivity contribution in [3.8, 4) is 0 Å². The molecule has 1 aliphatic heterocycles. The van der Waals surface area contributed by atoms with Gasteiger partial charge in [-0.05, 0) is 25.7 Å². The molecule has 0 aromatic rings. The minimum absolute atomic E-state index is 0.00639. The second-order valence-electron chi connectivity index (χ2n) is 3.46. The maximum Gasteiger partial charge on any atom is 0.315 e. The van der Waals surface area contributed by atoms with E-state index in [0.29, 0.717) is 12.1 Å². The lowest BCUT2D eigenvalue weighted by Gasteiger charge is -2.18. The molecular formula is C9H14N2O. The first-order valence-corrected chi connectivity index (χ1v) is 4.58. The monoisotopic (exact) mass is 166 g/mol. The summed E-state index contributed by atoms with van der Waals surface area (Å²) in [6.07, 6.45) is 8.73. The van der Waals surface area contributed by atoms with E-state index >= 15 is 0 Å². The molecule has 12 heavy (non-hydrogen) atoms. The fourth-order valence-electron chi connectivity index (χ4n) is 1.91. The molecule has 1 heterocycles. The number of urea groups is 1. The molecule has 66 valence electrons. The number of rotatable bonds is 0. The molecule has 0 aromatic carbocycles. The molecular weight excluding hydrogens is 152 g/mol. The van der Waals surface area contributed by atoms with Crippen LogP contribution in [0.4, 0.5) is 4.79 Å². The van der Waals surface area contributed by atoms with Gasteiger partial charge in [0, 0.05) is 0 Å². The van der Waals surface area contributed by atoms with Gasteiger partial charge in [0.2, 0.25) is 0 Å². The van der Waals surface area contributed by atoms with Gasteiger partial charge in [0.15, 0.2) is 0 Å². The van der Waals surface area contributed by atoms with E-state index < -0.39 is 0 Å². The summed E-state index contributed by atoms with van der Waals surface area (Å²) in [6.45, 7) is 0. The number of carbonyl (C=O) groups is 1. The highest BCUT2D eigenvalue weighted by Gasteiger charge is 2.30. The minimum Gasteiger partial charge on any atom is -0.333 e. The minimum atomic E-state index is 0.00639. The number of hydrogen-bond acceptors (Lipinski definition) is 1. The third kappa shape index (κ3) is 1.44. The Balaban J connectivity index is 2.02. The zero-order valence-corrected chi connectivity index (χ0v) is 7.05. The van der Waals surface area contributed by atoms with Crippen LogP contribution < -0.4 is 10.6 Å².